The van der Waals surface area contributed by atoms with Gasteiger partial charge in [0.05, 0.1) is 6.67 Å². The second-order valence-electron chi connectivity index (χ2n) is 4.06. The SMILES string of the molecule is FCCCNCC1(CCl)CCCC1. The second kappa shape index (κ2) is 5.82. The first-order valence-corrected chi connectivity index (χ1v) is 5.69. The molecule has 1 N–H and O–H groups in total. The molecule has 13 heavy (non-hydrogen) atoms. The van der Waals surface area contributed by atoms with Gasteiger partial charge < -0.3 is 5.32 Å². The van der Waals surface area contributed by atoms with Crippen LogP contribution >= 0.6 is 11.6 Å². The Hall–Kier alpha value is 0.180. The van der Waals surface area contributed by atoms with Crippen molar-refractivity contribution in [1.29, 1.82) is 0 Å². The average Bonchev–Trinajstić information content (AvgIpc) is 2.62. The minimum atomic E-state index is -0.221. The molecular formula is C10H19ClFN. The van der Waals surface area contributed by atoms with Gasteiger partial charge in [0.2, 0.25) is 0 Å². The highest BCUT2D eigenvalue weighted by atomic mass is 35.5. The molecule has 1 fully saturated rings. The molecule has 0 heterocycles. The second-order valence-corrected chi connectivity index (χ2v) is 4.33. The molecule has 0 aliphatic heterocycles. The van der Waals surface area contributed by atoms with Crippen molar-refractivity contribution in [3.63, 3.8) is 0 Å². The van der Waals surface area contributed by atoms with Crippen LogP contribution in [-0.4, -0.2) is 25.6 Å². The van der Waals surface area contributed by atoms with Crippen molar-refractivity contribution < 1.29 is 4.39 Å². The first-order chi connectivity index (χ1) is 6.33. The van der Waals surface area contributed by atoms with Crippen LogP contribution in [0.15, 0.2) is 0 Å². The number of alkyl halides is 2. The maximum absolute atomic E-state index is 11.8. The Balaban J connectivity index is 2.16. The summed E-state index contributed by atoms with van der Waals surface area (Å²) < 4.78 is 11.8. The van der Waals surface area contributed by atoms with E-state index in [0.717, 1.165) is 19.0 Å². The Morgan fingerprint density at radius 1 is 1.31 bits per heavy atom. The molecule has 0 radical (unpaired) electrons. The fourth-order valence-corrected chi connectivity index (χ4v) is 2.39. The van der Waals surface area contributed by atoms with Gasteiger partial charge in [0, 0.05) is 12.4 Å². The molecule has 0 unspecified atom stereocenters. The van der Waals surface area contributed by atoms with E-state index in [0.29, 0.717) is 11.8 Å². The van der Waals surface area contributed by atoms with Crippen molar-refractivity contribution in [2.75, 3.05) is 25.6 Å². The molecule has 0 spiro atoms. The first kappa shape index (κ1) is 11.3. The van der Waals surface area contributed by atoms with Crippen LogP contribution in [0.25, 0.3) is 0 Å². The van der Waals surface area contributed by atoms with Gasteiger partial charge in [-0.25, -0.2) is 0 Å². The summed E-state index contributed by atoms with van der Waals surface area (Å²) >= 11 is 5.96. The Bertz CT molecular complexity index is 135. The summed E-state index contributed by atoms with van der Waals surface area (Å²) in [4.78, 5) is 0. The molecule has 1 saturated carbocycles. The van der Waals surface area contributed by atoms with Crippen LogP contribution in [-0.2, 0) is 0 Å². The van der Waals surface area contributed by atoms with E-state index < -0.39 is 0 Å². The van der Waals surface area contributed by atoms with Gasteiger partial charge in [-0.3, -0.25) is 4.39 Å². The standard InChI is InChI=1S/C10H19ClFN/c11-8-10(4-1-2-5-10)9-13-7-3-6-12/h13H,1-9H2. The van der Waals surface area contributed by atoms with Gasteiger partial charge >= 0.3 is 0 Å². The quantitative estimate of drug-likeness (QED) is 0.522. The van der Waals surface area contributed by atoms with Gasteiger partial charge in [-0.05, 0) is 31.2 Å². The van der Waals surface area contributed by atoms with Crippen LogP contribution in [0.2, 0.25) is 0 Å². The first-order valence-electron chi connectivity index (χ1n) is 5.16. The lowest BCUT2D eigenvalue weighted by atomic mass is 9.88. The van der Waals surface area contributed by atoms with E-state index in [-0.39, 0.29) is 6.67 Å². The molecule has 0 saturated heterocycles. The molecule has 0 atom stereocenters. The monoisotopic (exact) mass is 207 g/mol. The van der Waals surface area contributed by atoms with Gasteiger partial charge in [0.1, 0.15) is 0 Å². The maximum Gasteiger partial charge on any atom is 0.0906 e. The van der Waals surface area contributed by atoms with Crippen molar-refractivity contribution >= 4 is 11.6 Å². The number of halogens is 2. The van der Waals surface area contributed by atoms with Crippen LogP contribution in [0.4, 0.5) is 4.39 Å². The van der Waals surface area contributed by atoms with E-state index in [4.69, 9.17) is 11.6 Å². The zero-order chi connectivity index (χ0) is 9.57. The third-order valence-corrected chi connectivity index (χ3v) is 3.50. The highest BCUT2D eigenvalue weighted by Gasteiger charge is 2.32. The Labute approximate surface area is 85.0 Å². The van der Waals surface area contributed by atoms with E-state index in [9.17, 15) is 4.39 Å². The minimum Gasteiger partial charge on any atom is -0.316 e. The lowest BCUT2D eigenvalue weighted by Crippen LogP contribution is -2.34. The molecule has 1 nitrogen and oxygen atoms in total. The zero-order valence-electron chi connectivity index (χ0n) is 8.12. The normalized spacial score (nSPS) is 20.8. The van der Waals surface area contributed by atoms with Crippen LogP contribution in [0.3, 0.4) is 0 Å². The Morgan fingerprint density at radius 3 is 2.54 bits per heavy atom. The summed E-state index contributed by atoms with van der Waals surface area (Å²) in [7, 11) is 0. The molecule has 0 aromatic heterocycles. The number of hydrogen-bond acceptors (Lipinski definition) is 1. The number of nitrogens with one attached hydrogen (secondary N) is 1. The summed E-state index contributed by atoms with van der Waals surface area (Å²) in [6, 6.07) is 0. The molecule has 1 aliphatic rings. The minimum absolute atomic E-state index is 0.221. The third-order valence-electron chi connectivity index (χ3n) is 2.93. The Morgan fingerprint density at radius 2 is 2.00 bits per heavy atom. The van der Waals surface area contributed by atoms with Gasteiger partial charge in [-0.1, -0.05) is 12.8 Å². The predicted octanol–water partition coefficient (Wildman–Crippen LogP) is 2.73. The van der Waals surface area contributed by atoms with Gasteiger partial charge in [0.25, 0.3) is 0 Å². The molecule has 1 aliphatic carbocycles. The van der Waals surface area contributed by atoms with Crippen molar-refractivity contribution in [2.45, 2.75) is 32.1 Å². The molecule has 0 aromatic carbocycles. The molecule has 78 valence electrons. The topological polar surface area (TPSA) is 12.0 Å². The van der Waals surface area contributed by atoms with Crippen LogP contribution in [0.5, 0.6) is 0 Å². The lowest BCUT2D eigenvalue weighted by molar-refractivity contribution is 0.317. The summed E-state index contributed by atoms with van der Waals surface area (Å²) in [5.41, 5.74) is 0.317. The van der Waals surface area contributed by atoms with Crippen LogP contribution in [0, 0.1) is 5.41 Å². The van der Waals surface area contributed by atoms with Crippen molar-refractivity contribution in [1.82, 2.24) is 5.32 Å². The summed E-state index contributed by atoms with van der Waals surface area (Å²) in [6.45, 7) is 1.53. The zero-order valence-corrected chi connectivity index (χ0v) is 8.88. The average molecular weight is 208 g/mol. The number of hydrogen-bond donors (Lipinski definition) is 1. The Kier molecular flexibility index (Phi) is 5.04. The largest absolute Gasteiger partial charge is 0.316 e. The maximum atomic E-state index is 11.8. The van der Waals surface area contributed by atoms with Crippen LogP contribution in [0.1, 0.15) is 32.1 Å². The fraction of sp³-hybridized carbons (Fsp3) is 1.00. The van der Waals surface area contributed by atoms with Gasteiger partial charge in [-0.2, -0.15) is 0 Å². The molecule has 0 bridgehead atoms. The van der Waals surface area contributed by atoms with Gasteiger partial charge in [0.15, 0.2) is 0 Å². The van der Waals surface area contributed by atoms with E-state index in [1.807, 2.05) is 0 Å². The summed E-state index contributed by atoms with van der Waals surface area (Å²) in [6.07, 6.45) is 5.70. The molecular weight excluding hydrogens is 189 g/mol. The van der Waals surface area contributed by atoms with Crippen molar-refractivity contribution in [3.05, 3.63) is 0 Å². The number of rotatable bonds is 6. The lowest BCUT2D eigenvalue weighted by Gasteiger charge is -2.26. The van der Waals surface area contributed by atoms with Crippen molar-refractivity contribution in [2.24, 2.45) is 5.41 Å². The highest BCUT2D eigenvalue weighted by molar-refractivity contribution is 6.18. The van der Waals surface area contributed by atoms with Crippen molar-refractivity contribution in [3.8, 4) is 0 Å². The summed E-state index contributed by atoms with van der Waals surface area (Å²) in [5, 5.41) is 3.30. The summed E-state index contributed by atoms with van der Waals surface area (Å²) in [5.74, 6) is 0.746. The van der Waals surface area contributed by atoms with Crippen LogP contribution < -0.4 is 5.32 Å². The fourth-order valence-electron chi connectivity index (χ4n) is 2.03. The highest BCUT2D eigenvalue weighted by Crippen LogP contribution is 2.38. The molecule has 1 rings (SSSR count). The van der Waals surface area contributed by atoms with E-state index in [2.05, 4.69) is 5.32 Å². The molecule has 0 amide bonds. The predicted molar refractivity (Wildman–Crippen MR) is 55.1 cm³/mol. The third kappa shape index (κ3) is 3.43. The van der Waals surface area contributed by atoms with Gasteiger partial charge in [-0.15, -0.1) is 11.6 Å². The van der Waals surface area contributed by atoms with E-state index in [1.54, 1.807) is 0 Å². The van der Waals surface area contributed by atoms with E-state index >= 15 is 0 Å². The molecule has 3 heteroatoms. The smallest absolute Gasteiger partial charge is 0.0906 e. The molecule has 0 aromatic rings. The van der Waals surface area contributed by atoms with E-state index in [1.165, 1.54) is 25.7 Å².